The van der Waals surface area contributed by atoms with Gasteiger partial charge in [0.2, 0.25) is 6.41 Å². The lowest BCUT2D eigenvalue weighted by atomic mass is 10.2. The largest absolute Gasteiger partial charge is 0.497 e. The van der Waals surface area contributed by atoms with Gasteiger partial charge in [0.1, 0.15) is 5.75 Å². The van der Waals surface area contributed by atoms with Crippen LogP contribution in [0.25, 0.3) is 5.69 Å². The van der Waals surface area contributed by atoms with Crippen molar-refractivity contribution in [2.75, 3.05) is 25.9 Å². The van der Waals surface area contributed by atoms with Crippen LogP contribution in [0.1, 0.15) is 32.9 Å². The number of aryl methyl sites for hydroxylation is 2. The van der Waals surface area contributed by atoms with E-state index in [2.05, 4.69) is 44.1 Å². The molecular weight excluding hydrogens is 554 g/mol. The molecule has 1 aromatic heterocycles. The van der Waals surface area contributed by atoms with Crippen molar-refractivity contribution in [3.05, 3.63) is 107 Å². The molecule has 0 atom stereocenters. The molecule has 2 N–H and O–H groups in total. The third-order valence-electron chi connectivity index (χ3n) is 6.09. The van der Waals surface area contributed by atoms with Gasteiger partial charge in [-0.25, -0.2) is 13.8 Å². The van der Waals surface area contributed by atoms with E-state index in [9.17, 15) is 18.0 Å². The molecule has 42 heavy (non-hydrogen) atoms. The van der Waals surface area contributed by atoms with Gasteiger partial charge in [-0.05, 0) is 81.4 Å². The van der Waals surface area contributed by atoms with E-state index in [0.717, 1.165) is 29.0 Å². The van der Waals surface area contributed by atoms with Crippen molar-refractivity contribution in [2.24, 2.45) is 5.10 Å². The Hall–Kier alpha value is -4.90. The number of ether oxygens (including phenoxy) is 1. The summed E-state index contributed by atoms with van der Waals surface area (Å²) in [5.41, 5.74) is 8.14. The number of anilines is 1. The lowest BCUT2D eigenvalue weighted by Crippen LogP contribution is -2.19. The highest BCUT2D eigenvalue weighted by Gasteiger charge is 2.17. The number of carbonyl (C=O) groups is 2. The monoisotopic (exact) mass is 589 g/mol. The second kappa shape index (κ2) is 14.1. The zero-order chi connectivity index (χ0) is 30.9. The van der Waals surface area contributed by atoms with Crippen LogP contribution in [-0.4, -0.2) is 57.6 Å². The highest BCUT2D eigenvalue weighted by molar-refractivity contribution is 7.92. The number of sulfonamides is 1. The number of carbonyl (C=O) groups excluding carboxylic acids is 2. The van der Waals surface area contributed by atoms with Crippen LogP contribution in [0.5, 0.6) is 5.75 Å². The lowest BCUT2D eigenvalue weighted by molar-refractivity contribution is -0.115. The van der Waals surface area contributed by atoms with Crippen molar-refractivity contribution in [2.45, 2.75) is 25.7 Å². The Bertz CT molecular complexity index is 1660. The van der Waals surface area contributed by atoms with Crippen LogP contribution in [0.4, 0.5) is 5.69 Å². The summed E-state index contributed by atoms with van der Waals surface area (Å²) < 4.78 is 35.4. The summed E-state index contributed by atoms with van der Waals surface area (Å²) in [5, 5.41) is 4.10. The van der Waals surface area contributed by atoms with Gasteiger partial charge >= 0.3 is 0 Å². The number of methoxy groups -OCH3 is 1. The first-order valence-electron chi connectivity index (χ1n) is 12.9. The molecule has 0 unspecified atom stereocenters. The highest BCUT2D eigenvalue weighted by Crippen LogP contribution is 2.21. The van der Waals surface area contributed by atoms with Crippen molar-refractivity contribution < 1.29 is 22.7 Å². The number of amides is 2. The minimum Gasteiger partial charge on any atom is -0.497 e. The van der Waals surface area contributed by atoms with Crippen LogP contribution in [0.15, 0.2) is 88.9 Å². The van der Waals surface area contributed by atoms with E-state index in [1.807, 2.05) is 26.8 Å². The SMILES string of the molecule is CN(C)C=O.COc1ccc(NS(=O)(=O)c2cccc(C(=O)N/N=C/c3cc(C)n(-c4ccc(C)cc4)c3C)c2)cc1. The summed E-state index contributed by atoms with van der Waals surface area (Å²) in [6.07, 6.45) is 2.33. The predicted octanol–water partition coefficient (Wildman–Crippen LogP) is 4.68. The minimum absolute atomic E-state index is 0.0402. The summed E-state index contributed by atoms with van der Waals surface area (Å²) in [7, 11) is 1.01. The molecule has 0 spiro atoms. The first-order valence-corrected chi connectivity index (χ1v) is 14.4. The second-order valence-corrected chi connectivity index (χ2v) is 11.3. The fraction of sp³-hybridized carbons (Fsp3) is 0.194. The van der Waals surface area contributed by atoms with Crippen molar-refractivity contribution in [1.82, 2.24) is 14.9 Å². The fourth-order valence-electron chi connectivity index (χ4n) is 3.91. The second-order valence-electron chi connectivity index (χ2n) is 9.63. The Morgan fingerprint density at radius 3 is 2.19 bits per heavy atom. The summed E-state index contributed by atoms with van der Waals surface area (Å²) >= 11 is 0. The zero-order valence-corrected chi connectivity index (χ0v) is 25.3. The quantitative estimate of drug-likeness (QED) is 0.167. The number of benzene rings is 3. The average Bonchev–Trinajstić information content (AvgIpc) is 3.26. The number of nitrogens with zero attached hydrogens (tertiary/aromatic N) is 3. The molecule has 0 aliphatic carbocycles. The van der Waals surface area contributed by atoms with Crippen LogP contribution in [0.2, 0.25) is 0 Å². The molecule has 0 fully saturated rings. The molecular formula is C31H35N5O5S. The number of hydrazone groups is 1. The Morgan fingerprint density at radius 1 is 0.952 bits per heavy atom. The number of rotatable bonds is 9. The summed E-state index contributed by atoms with van der Waals surface area (Å²) in [4.78, 5) is 23.5. The van der Waals surface area contributed by atoms with Gasteiger partial charge in [-0.1, -0.05) is 23.8 Å². The molecule has 1 heterocycles. The number of aromatic nitrogens is 1. The molecule has 4 rings (SSSR count). The van der Waals surface area contributed by atoms with Crippen LogP contribution in [0, 0.1) is 20.8 Å². The van der Waals surface area contributed by atoms with Gasteiger partial charge in [0.15, 0.2) is 0 Å². The van der Waals surface area contributed by atoms with Gasteiger partial charge in [0, 0.05) is 48.0 Å². The van der Waals surface area contributed by atoms with Crippen molar-refractivity contribution in [3.63, 3.8) is 0 Å². The van der Waals surface area contributed by atoms with Crippen LogP contribution in [0.3, 0.4) is 0 Å². The van der Waals surface area contributed by atoms with Gasteiger partial charge in [0.25, 0.3) is 15.9 Å². The molecule has 0 bridgehead atoms. The molecule has 0 radical (unpaired) electrons. The van der Waals surface area contributed by atoms with E-state index < -0.39 is 15.9 Å². The van der Waals surface area contributed by atoms with Gasteiger partial charge in [0.05, 0.1) is 18.2 Å². The predicted molar refractivity (Wildman–Crippen MR) is 165 cm³/mol. The van der Waals surface area contributed by atoms with E-state index in [1.165, 1.54) is 41.8 Å². The molecule has 10 nitrogen and oxygen atoms in total. The van der Waals surface area contributed by atoms with E-state index in [4.69, 9.17) is 4.74 Å². The van der Waals surface area contributed by atoms with Crippen molar-refractivity contribution in [1.29, 1.82) is 0 Å². The summed E-state index contributed by atoms with van der Waals surface area (Å²) in [5.74, 6) is 0.0873. The normalized spacial score (nSPS) is 10.9. The third kappa shape index (κ3) is 8.31. The Balaban J connectivity index is 0.000000892. The Kier molecular flexibility index (Phi) is 10.6. The maximum absolute atomic E-state index is 12.8. The highest BCUT2D eigenvalue weighted by atomic mass is 32.2. The molecule has 4 aromatic rings. The number of nitrogens with one attached hydrogen (secondary N) is 2. The molecule has 0 aliphatic rings. The smallest absolute Gasteiger partial charge is 0.271 e. The van der Waals surface area contributed by atoms with Gasteiger partial charge in [-0.15, -0.1) is 0 Å². The molecule has 0 saturated heterocycles. The average molecular weight is 590 g/mol. The molecule has 3 aromatic carbocycles. The maximum Gasteiger partial charge on any atom is 0.271 e. The third-order valence-corrected chi connectivity index (χ3v) is 7.47. The van der Waals surface area contributed by atoms with E-state index in [1.54, 1.807) is 44.6 Å². The summed E-state index contributed by atoms with van der Waals surface area (Å²) in [6.45, 7) is 6.04. The summed E-state index contributed by atoms with van der Waals surface area (Å²) in [6, 6.07) is 22.5. The molecule has 0 aliphatic heterocycles. The van der Waals surface area contributed by atoms with Crippen LogP contribution >= 0.6 is 0 Å². The molecule has 0 saturated carbocycles. The number of hydrogen-bond acceptors (Lipinski definition) is 6. The first kappa shape index (κ1) is 31.6. The van der Waals surface area contributed by atoms with Crippen molar-refractivity contribution >= 4 is 34.2 Å². The number of hydrogen-bond donors (Lipinski definition) is 2. The van der Waals surface area contributed by atoms with Gasteiger partial charge in [-0.3, -0.25) is 14.3 Å². The van der Waals surface area contributed by atoms with E-state index in [-0.39, 0.29) is 10.5 Å². The Labute approximate surface area is 246 Å². The molecule has 220 valence electrons. The minimum atomic E-state index is -3.90. The fourth-order valence-corrected chi connectivity index (χ4v) is 5.02. The molecule has 11 heteroatoms. The van der Waals surface area contributed by atoms with E-state index >= 15 is 0 Å². The molecule has 2 amide bonds. The van der Waals surface area contributed by atoms with Gasteiger partial charge < -0.3 is 14.2 Å². The van der Waals surface area contributed by atoms with Crippen LogP contribution < -0.4 is 14.9 Å². The topological polar surface area (TPSA) is 122 Å². The standard InChI is InChI=1S/C28H28N4O4S.C3H7NO/c1-19-8-12-25(13-9-19)32-20(2)16-23(21(32)3)18-29-30-28(33)22-6-5-7-27(17-22)37(34,35)31-24-10-14-26(36-4)15-11-24;1-4(2)3-5/h5-18,31H,1-4H3,(H,30,33);3H,1-2H3/b29-18+;. The van der Waals surface area contributed by atoms with Crippen molar-refractivity contribution in [3.8, 4) is 11.4 Å². The maximum atomic E-state index is 12.8. The first-order chi connectivity index (χ1) is 19.9. The van der Waals surface area contributed by atoms with E-state index in [0.29, 0.717) is 11.4 Å². The zero-order valence-electron chi connectivity index (χ0n) is 24.5. The lowest BCUT2D eigenvalue weighted by Gasteiger charge is -2.10. The van der Waals surface area contributed by atoms with Crippen LogP contribution in [-0.2, 0) is 14.8 Å². The Morgan fingerprint density at radius 2 is 1.60 bits per heavy atom. The van der Waals surface area contributed by atoms with Gasteiger partial charge in [-0.2, -0.15) is 5.10 Å².